The Balaban J connectivity index is 1.67. The van der Waals surface area contributed by atoms with E-state index in [2.05, 4.69) is 0 Å². The molecular formula is C21H23N3O4S. The van der Waals surface area contributed by atoms with E-state index >= 15 is 0 Å². The fourth-order valence-corrected chi connectivity index (χ4v) is 4.75. The van der Waals surface area contributed by atoms with Crippen LogP contribution in [-0.4, -0.2) is 55.8 Å². The molecule has 3 rings (SSSR count). The van der Waals surface area contributed by atoms with Crippen LogP contribution in [0.3, 0.4) is 0 Å². The first-order valence-electron chi connectivity index (χ1n) is 9.38. The maximum atomic E-state index is 12.9. The summed E-state index contributed by atoms with van der Waals surface area (Å²) < 4.78 is 32.7. The van der Waals surface area contributed by atoms with Gasteiger partial charge in [0.05, 0.1) is 16.6 Å². The molecule has 0 N–H and O–H groups in total. The highest BCUT2D eigenvalue weighted by Gasteiger charge is 2.31. The molecule has 1 saturated heterocycles. The Bertz CT molecular complexity index is 1020. The van der Waals surface area contributed by atoms with E-state index in [9.17, 15) is 18.5 Å². The van der Waals surface area contributed by atoms with E-state index in [1.165, 1.54) is 16.4 Å². The number of sulfonamides is 1. The van der Waals surface area contributed by atoms with Crippen LogP contribution in [0.1, 0.15) is 29.8 Å². The first kappa shape index (κ1) is 20.8. The molecule has 1 amide bonds. The zero-order valence-corrected chi connectivity index (χ0v) is 17.2. The molecule has 2 aromatic rings. The van der Waals surface area contributed by atoms with Crippen LogP contribution < -0.4 is 4.74 Å². The van der Waals surface area contributed by atoms with Gasteiger partial charge < -0.3 is 9.64 Å². The quantitative estimate of drug-likeness (QED) is 0.751. The third-order valence-electron chi connectivity index (χ3n) is 4.62. The zero-order chi connectivity index (χ0) is 21.0. The molecule has 29 heavy (non-hydrogen) atoms. The smallest absolute Gasteiger partial charge is 0.253 e. The van der Waals surface area contributed by atoms with Gasteiger partial charge in [0, 0.05) is 31.7 Å². The van der Waals surface area contributed by atoms with Crippen molar-refractivity contribution in [3.63, 3.8) is 0 Å². The molecule has 0 saturated carbocycles. The van der Waals surface area contributed by atoms with Gasteiger partial charge in [0.1, 0.15) is 11.8 Å². The van der Waals surface area contributed by atoms with Crippen LogP contribution in [0.4, 0.5) is 0 Å². The van der Waals surface area contributed by atoms with E-state index < -0.39 is 10.0 Å². The predicted molar refractivity (Wildman–Crippen MR) is 108 cm³/mol. The van der Waals surface area contributed by atoms with Crippen LogP contribution in [0.2, 0.25) is 0 Å². The predicted octanol–water partition coefficient (Wildman–Crippen LogP) is 2.49. The standard InChI is InChI=1S/C21H23N3O4S/c1-16(2)28-19-9-7-17(8-10-19)21(25)23-11-13-24(14-12-23)29(26,27)20-6-4-3-5-18(20)15-22/h3-10,16H,11-14H2,1-2H3. The number of piperazine rings is 1. The van der Waals surface area contributed by atoms with Crippen LogP contribution in [-0.2, 0) is 10.0 Å². The minimum Gasteiger partial charge on any atom is -0.491 e. The summed E-state index contributed by atoms with van der Waals surface area (Å²) >= 11 is 0. The number of nitriles is 1. The Hall–Kier alpha value is -2.89. The summed E-state index contributed by atoms with van der Waals surface area (Å²) in [6, 6.07) is 15.0. The molecule has 8 heteroatoms. The van der Waals surface area contributed by atoms with Gasteiger partial charge in [-0.05, 0) is 50.2 Å². The van der Waals surface area contributed by atoms with E-state index in [0.29, 0.717) is 11.3 Å². The summed E-state index contributed by atoms with van der Waals surface area (Å²) in [6.07, 6.45) is 0.0535. The number of hydrogen-bond acceptors (Lipinski definition) is 5. The van der Waals surface area contributed by atoms with Crippen LogP contribution in [0, 0.1) is 11.3 Å². The van der Waals surface area contributed by atoms with Crippen molar-refractivity contribution in [1.82, 2.24) is 9.21 Å². The SMILES string of the molecule is CC(C)Oc1ccc(C(=O)N2CCN(S(=O)(=O)c3ccccc3C#N)CC2)cc1. The average molecular weight is 413 g/mol. The van der Waals surface area contributed by atoms with Gasteiger partial charge in [0.15, 0.2) is 0 Å². The molecule has 0 aromatic heterocycles. The molecule has 1 heterocycles. The number of rotatable bonds is 5. The number of ether oxygens (including phenoxy) is 1. The van der Waals surface area contributed by atoms with Crippen LogP contribution in [0.5, 0.6) is 5.75 Å². The summed E-state index contributed by atoms with van der Waals surface area (Å²) in [7, 11) is -3.78. The van der Waals surface area contributed by atoms with Crippen molar-refractivity contribution in [3.8, 4) is 11.8 Å². The molecule has 0 radical (unpaired) electrons. The van der Waals surface area contributed by atoms with E-state index in [1.54, 1.807) is 41.3 Å². The van der Waals surface area contributed by atoms with Crippen molar-refractivity contribution in [2.24, 2.45) is 0 Å². The van der Waals surface area contributed by atoms with Crippen LogP contribution >= 0.6 is 0 Å². The average Bonchev–Trinajstić information content (AvgIpc) is 2.73. The normalized spacial score (nSPS) is 15.2. The molecule has 152 valence electrons. The Morgan fingerprint density at radius 2 is 1.66 bits per heavy atom. The molecule has 1 aliphatic heterocycles. The largest absolute Gasteiger partial charge is 0.491 e. The molecule has 1 aliphatic rings. The second-order valence-corrected chi connectivity index (χ2v) is 8.90. The van der Waals surface area contributed by atoms with Gasteiger partial charge in [0.25, 0.3) is 5.91 Å². The summed E-state index contributed by atoms with van der Waals surface area (Å²) in [4.78, 5) is 14.4. The molecular weight excluding hydrogens is 390 g/mol. The number of carbonyl (C=O) groups excluding carboxylic acids is 1. The van der Waals surface area contributed by atoms with E-state index in [-0.39, 0.29) is 48.6 Å². The van der Waals surface area contributed by atoms with Crippen LogP contribution in [0.25, 0.3) is 0 Å². The van der Waals surface area contributed by atoms with Gasteiger partial charge in [-0.3, -0.25) is 4.79 Å². The minimum atomic E-state index is -3.78. The van der Waals surface area contributed by atoms with E-state index in [4.69, 9.17) is 4.74 Å². The number of carbonyl (C=O) groups is 1. The van der Waals surface area contributed by atoms with Gasteiger partial charge in [-0.15, -0.1) is 0 Å². The van der Waals surface area contributed by atoms with Crippen molar-refractivity contribution >= 4 is 15.9 Å². The summed E-state index contributed by atoms with van der Waals surface area (Å²) in [6.45, 7) is 4.81. The lowest BCUT2D eigenvalue weighted by atomic mass is 10.2. The van der Waals surface area contributed by atoms with Gasteiger partial charge in [-0.25, -0.2) is 8.42 Å². The first-order valence-corrected chi connectivity index (χ1v) is 10.8. The van der Waals surface area contributed by atoms with Crippen molar-refractivity contribution in [3.05, 3.63) is 59.7 Å². The molecule has 2 aromatic carbocycles. The third kappa shape index (κ3) is 4.58. The second kappa shape index (κ2) is 8.64. The first-order chi connectivity index (χ1) is 13.8. The monoisotopic (exact) mass is 413 g/mol. The van der Waals surface area contributed by atoms with Crippen molar-refractivity contribution in [1.29, 1.82) is 5.26 Å². The van der Waals surface area contributed by atoms with E-state index in [0.717, 1.165) is 0 Å². The Labute approximate surface area is 171 Å². The molecule has 0 bridgehead atoms. The number of nitrogens with zero attached hydrogens (tertiary/aromatic N) is 3. The third-order valence-corrected chi connectivity index (χ3v) is 6.58. The lowest BCUT2D eigenvalue weighted by Gasteiger charge is -2.34. The highest BCUT2D eigenvalue weighted by molar-refractivity contribution is 7.89. The molecule has 7 nitrogen and oxygen atoms in total. The highest BCUT2D eigenvalue weighted by Crippen LogP contribution is 2.22. The van der Waals surface area contributed by atoms with Gasteiger partial charge in [-0.1, -0.05) is 12.1 Å². The molecule has 0 aliphatic carbocycles. The Morgan fingerprint density at radius 1 is 1.03 bits per heavy atom. The topological polar surface area (TPSA) is 90.7 Å². The molecule has 0 atom stereocenters. The summed E-state index contributed by atoms with van der Waals surface area (Å²) in [5, 5.41) is 9.19. The van der Waals surface area contributed by atoms with Crippen molar-refractivity contribution in [2.75, 3.05) is 26.2 Å². The minimum absolute atomic E-state index is 0.00279. The maximum Gasteiger partial charge on any atom is 0.253 e. The number of benzene rings is 2. The van der Waals surface area contributed by atoms with Crippen LogP contribution in [0.15, 0.2) is 53.4 Å². The van der Waals surface area contributed by atoms with Crippen molar-refractivity contribution < 1.29 is 17.9 Å². The fraction of sp³-hybridized carbons (Fsp3) is 0.333. The lowest BCUT2D eigenvalue weighted by molar-refractivity contribution is 0.0698. The second-order valence-electron chi connectivity index (χ2n) is 7.00. The molecule has 1 fully saturated rings. The summed E-state index contributed by atoms with van der Waals surface area (Å²) in [5.74, 6) is 0.555. The Kier molecular flexibility index (Phi) is 6.20. The van der Waals surface area contributed by atoms with Gasteiger partial charge >= 0.3 is 0 Å². The zero-order valence-electron chi connectivity index (χ0n) is 16.4. The van der Waals surface area contributed by atoms with Gasteiger partial charge in [0.2, 0.25) is 10.0 Å². The lowest BCUT2D eigenvalue weighted by Crippen LogP contribution is -2.50. The molecule has 0 spiro atoms. The van der Waals surface area contributed by atoms with E-state index in [1.807, 2.05) is 19.9 Å². The number of amides is 1. The maximum absolute atomic E-state index is 12.9. The Morgan fingerprint density at radius 3 is 2.24 bits per heavy atom. The highest BCUT2D eigenvalue weighted by atomic mass is 32.2. The van der Waals surface area contributed by atoms with Crippen molar-refractivity contribution in [2.45, 2.75) is 24.8 Å². The van der Waals surface area contributed by atoms with Gasteiger partial charge in [-0.2, -0.15) is 9.57 Å². The summed E-state index contributed by atoms with van der Waals surface area (Å²) in [5.41, 5.74) is 0.655. The fourth-order valence-electron chi connectivity index (χ4n) is 3.19. The number of hydrogen-bond donors (Lipinski definition) is 0. The molecule has 0 unspecified atom stereocenters.